The maximum absolute atomic E-state index is 12.1. The minimum atomic E-state index is -0.625. The summed E-state index contributed by atoms with van der Waals surface area (Å²) in [6.45, 7) is 2.03. The summed E-state index contributed by atoms with van der Waals surface area (Å²) in [6.07, 6.45) is 2.98. The van der Waals surface area contributed by atoms with Gasteiger partial charge >= 0.3 is 0 Å². The van der Waals surface area contributed by atoms with Crippen LogP contribution in [-0.4, -0.2) is 35.5 Å². The topological polar surface area (TPSA) is 58.4 Å². The van der Waals surface area contributed by atoms with Gasteiger partial charge in [-0.25, -0.2) is 0 Å². The van der Waals surface area contributed by atoms with Gasteiger partial charge in [-0.1, -0.05) is 12.1 Å². The molecule has 4 nitrogen and oxygen atoms in total. The van der Waals surface area contributed by atoms with Crippen molar-refractivity contribution in [1.29, 1.82) is 0 Å². The Bertz CT molecular complexity index is 507. The lowest BCUT2D eigenvalue weighted by atomic mass is 9.87. The van der Waals surface area contributed by atoms with Crippen molar-refractivity contribution in [3.63, 3.8) is 0 Å². The van der Waals surface area contributed by atoms with Gasteiger partial charge in [0, 0.05) is 22.7 Å². The molecular formula is C14H18BrN3O. The summed E-state index contributed by atoms with van der Waals surface area (Å²) in [7, 11) is 0. The molecule has 2 aliphatic rings. The van der Waals surface area contributed by atoms with Crippen molar-refractivity contribution in [3.8, 4) is 0 Å². The number of fused-ring (bicyclic) bond motifs is 1. The Labute approximate surface area is 121 Å². The lowest BCUT2D eigenvalue weighted by Crippen LogP contribution is -2.57. The van der Waals surface area contributed by atoms with Gasteiger partial charge in [-0.15, -0.1) is 0 Å². The molecule has 1 amide bonds. The van der Waals surface area contributed by atoms with E-state index >= 15 is 0 Å². The van der Waals surface area contributed by atoms with E-state index in [0.29, 0.717) is 0 Å². The highest BCUT2D eigenvalue weighted by Gasteiger charge is 2.53. The predicted molar refractivity (Wildman–Crippen MR) is 78.9 cm³/mol. The number of carbonyl (C=O) groups is 1. The molecule has 2 saturated heterocycles. The van der Waals surface area contributed by atoms with Crippen LogP contribution in [0.5, 0.6) is 0 Å². The van der Waals surface area contributed by atoms with Crippen molar-refractivity contribution in [3.05, 3.63) is 28.7 Å². The number of para-hydroxylation sites is 1. The number of hydrogen-bond donors (Lipinski definition) is 2. The zero-order chi connectivity index (χ0) is 13.5. The molecular weight excluding hydrogens is 306 g/mol. The minimum absolute atomic E-state index is 0.233. The second-order valence-corrected chi connectivity index (χ2v) is 6.24. The number of carbonyl (C=O) groups excluding carboxylic acids is 1. The number of primary amides is 1. The maximum atomic E-state index is 12.1. The molecule has 2 aliphatic heterocycles. The summed E-state index contributed by atoms with van der Waals surface area (Å²) >= 11 is 3.52. The van der Waals surface area contributed by atoms with Crippen molar-refractivity contribution >= 4 is 27.5 Å². The van der Waals surface area contributed by atoms with E-state index in [0.717, 1.165) is 42.5 Å². The van der Waals surface area contributed by atoms with E-state index < -0.39 is 5.54 Å². The first-order valence-corrected chi connectivity index (χ1v) is 7.49. The Morgan fingerprint density at radius 1 is 1.42 bits per heavy atom. The first-order chi connectivity index (χ1) is 9.13. The number of hydrogen-bond acceptors (Lipinski definition) is 3. The Kier molecular flexibility index (Phi) is 3.27. The maximum Gasteiger partial charge on any atom is 0.244 e. The molecule has 1 aromatic carbocycles. The molecule has 2 heterocycles. The highest BCUT2D eigenvalue weighted by atomic mass is 79.9. The second kappa shape index (κ2) is 4.80. The molecule has 0 radical (unpaired) electrons. The molecule has 3 rings (SSSR count). The van der Waals surface area contributed by atoms with E-state index in [9.17, 15) is 4.79 Å². The van der Waals surface area contributed by atoms with Gasteiger partial charge in [-0.2, -0.15) is 0 Å². The van der Waals surface area contributed by atoms with Gasteiger partial charge in [0.15, 0.2) is 0 Å². The summed E-state index contributed by atoms with van der Waals surface area (Å²) < 4.78 is 0.965. The third kappa shape index (κ3) is 2.05. The largest absolute Gasteiger partial charge is 0.369 e. The summed E-state index contributed by atoms with van der Waals surface area (Å²) in [5.74, 6) is -0.238. The molecule has 0 bridgehead atoms. The monoisotopic (exact) mass is 323 g/mol. The number of rotatable bonds is 3. The average molecular weight is 324 g/mol. The van der Waals surface area contributed by atoms with Crippen LogP contribution < -0.4 is 11.1 Å². The van der Waals surface area contributed by atoms with Crippen LogP contribution in [0.4, 0.5) is 5.69 Å². The molecule has 2 fully saturated rings. The Morgan fingerprint density at radius 2 is 2.21 bits per heavy atom. The zero-order valence-corrected chi connectivity index (χ0v) is 12.3. The summed E-state index contributed by atoms with van der Waals surface area (Å²) in [5, 5.41) is 3.43. The van der Waals surface area contributed by atoms with Gasteiger partial charge in [-0.05, 0) is 53.9 Å². The van der Waals surface area contributed by atoms with Crippen LogP contribution in [0.25, 0.3) is 0 Å². The fraction of sp³-hybridized carbons (Fsp3) is 0.500. The van der Waals surface area contributed by atoms with Crippen LogP contribution in [0.2, 0.25) is 0 Å². The number of amides is 1. The van der Waals surface area contributed by atoms with E-state index in [2.05, 4.69) is 26.1 Å². The van der Waals surface area contributed by atoms with Gasteiger partial charge in [0.05, 0.1) is 0 Å². The molecule has 1 aromatic rings. The number of anilines is 1. The molecule has 0 aromatic heterocycles. The predicted octanol–water partition coefficient (Wildman–Crippen LogP) is 1.95. The Hall–Kier alpha value is -1.07. The standard InChI is InChI=1S/C14H18BrN3O/c15-10-4-1-2-5-11(10)17-14(13(16)19)7-9-18-8-3-6-12(14)18/h1-2,4-5,12,17H,3,6-9H2,(H2,16,19). The molecule has 0 spiro atoms. The lowest BCUT2D eigenvalue weighted by molar-refractivity contribution is -0.122. The Balaban J connectivity index is 1.94. The summed E-state index contributed by atoms with van der Waals surface area (Å²) in [5.41, 5.74) is 6.06. The van der Waals surface area contributed by atoms with E-state index in [1.165, 1.54) is 0 Å². The number of nitrogens with two attached hydrogens (primary N) is 1. The van der Waals surface area contributed by atoms with Gasteiger partial charge in [0.2, 0.25) is 5.91 Å². The average Bonchev–Trinajstić information content (AvgIpc) is 2.96. The fourth-order valence-corrected chi connectivity index (χ4v) is 3.82. The summed E-state index contributed by atoms with van der Waals surface area (Å²) in [4.78, 5) is 14.5. The Morgan fingerprint density at radius 3 is 2.95 bits per heavy atom. The molecule has 0 aliphatic carbocycles. The van der Waals surface area contributed by atoms with Gasteiger partial charge in [0.25, 0.3) is 0 Å². The summed E-state index contributed by atoms with van der Waals surface area (Å²) in [6, 6.07) is 8.11. The SMILES string of the molecule is NC(=O)C1(Nc2ccccc2Br)CCN2CCCC21. The van der Waals surface area contributed by atoms with Crippen molar-refractivity contribution in [2.45, 2.75) is 30.8 Å². The van der Waals surface area contributed by atoms with Crippen LogP contribution in [0.3, 0.4) is 0 Å². The molecule has 19 heavy (non-hydrogen) atoms. The van der Waals surface area contributed by atoms with Crippen molar-refractivity contribution in [1.82, 2.24) is 4.90 Å². The molecule has 102 valence electrons. The zero-order valence-electron chi connectivity index (χ0n) is 10.7. The third-order valence-electron chi connectivity index (χ3n) is 4.40. The van der Waals surface area contributed by atoms with Gasteiger partial charge in [0.1, 0.15) is 5.54 Å². The van der Waals surface area contributed by atoms with Crippen LogP contribution in [0, 0.1) is 0 Å². The fourth-order valence-electron chi connectivity index (χ4n) is 3.44. The van der Waals surface area contributed by atoms with Crippen LogP contribution >= 0.6 is 15.9 Å². The molecule has 0 saturated carbocycles. The van der Waals surface area contributed by atoms with Crippen LogP contribution in [0.15, 0.2) is 28.7 Å². The smallest absolute Gasteiger partial charge is 0.244 e. The van der Waals surface area contributed by atoms with Crippen LogP contribution in [-0.2, 0) is 4.79 Å². The van der Waals surface area contributed by atoms with Crippen molar-refractivity contribution < 1.29 is 4.79 Å². The molecule has 2 unspecified atom stereocenters. The highest BCUT2D eigenvalue weighted by molar-refractivity contribution is 9.10. The van der Waals surface area contributed by atoms with E-state index in [-0.39, 0.29) is 11.9 Å². The molecule has 3 N–H and O–H groups in total. The first-order valence-electron chi connectivity index (χ1n) is 6.70. The van der Waals surface area contributed by atoms with E-state index in [1.54, 1.807) is 0 Å². The van der Waals surface area contributed by atoms with Crippen LogP contribution in [0.1, 0.15) is 19.3 Å². The van der Waals surface area contributed by atoms with Gasteiger partial charge in [-0.3, -0.25) is 9.69 Å². The molecule has 2 atom stereocenters. The number of nitrogens with one attached hydrogen (secondary N) is 1. The van der Waals surface area contributed by atoms with E-state index in [4.69, 9.17) is 5.73 Å². The van der Waals surface area contributed by atoms with Crippen molar-refractivity contribution in [2.75, 3.05) is 18.4 Å². The van der Waals surface area contributed by atoms with Gasteiger partial charge < -0.3 is 11.1 Å². The quantitative estimate of drug-likeness (QED) is 0.893. The first kappa shape index (κ1) is 12.9. The highest BCUT2D eigenvalue weighted by Crippen LogP contribution is 2.39. The lowest BCUT2D eigenvalue weighted by Gasteiger charge is -2.34. The van der Waals surface area contributed by atoms with Crippen molar-refractivity contribution in [2.24, 2.45) is 5.73 Å². The second-order valence-electron chi connectivity index (χ2n) is 5.38. The number of halogens is 1. The number of benzene rings is 1. The van der Waals surface area contributed by atoms with E-state index in [1.807, 2.05) is 24.3 Å². The normalized spacial score (nSPS) is 30.3. The molecule has 5 heteroatoms. The third-order valence-corrected chi connectivity index (χ3v) is 5.09. The number of nitrogens with zero attached hydrogens (tertiary/aromatic N) is 1. The minimum Gasteiger partial charge on any atom is -0.369 e.